The van der Waals surface area contributed by atoms with Crippen LogP contribution in [0.3, 0.4) is 0 Å². The van der Waals surface area contributed by atoms with Crippen LogP contribution in [0.4, 0.5) is 0 Å². The minimum Gasteiger partial charge on any atom is -0.369 e. The third kappa shape index (κ3) is 3.07. The fourth-order valence-electron chi connectivity index (χ4n) is 1.61. The molecule has 78 valence electrons. The fraction of sp³-hybridized carbons (Fsp3) is 0.286. The van der Waals surface area contributed by atoms with Gasteiger partial charge in [-0.3, -0.25) is 0 Å². The molecule has 1 nitrogen and oxygen atoms in total. The molecule has 0 saturated carbocycles. The first-order chi connectivity index (χ1) is 7.34. The van der Waals surface area contributed by atoms with Gasteiger partial charge in [-0.2, -0.15) is 0 Å². The first kappa shape index (κ1) is 10.2. The Balaban J connectivity index is 1.83. The van der Waals surface area contributed by atoms with E-state index in [9.17, 15) is 0 Å². The lowest BCUT2D eigenvalue weighted by Crippen LogP contribution is -2.10. The van der Waals surface area contributed by atoms with Crippen LogP contribution in [0.15, 0.2) is 54.1 Å². The maximum Gasteiger partial charge on any atom is 0.0798 e. The summed E-state index contributed by atoms with van der Waals surface area (Å²) in [5, 5.41) is 0. The van der Waals surface area contributed by atoms with Gasteiger partial charge in [-0.15, -0.1) is 0 Å². The molecule has 1 heteroatoms. The number of benzene rings is 1. The van der Waals surface area contributed by atoms with E-state index in [0.29, 0.717) is 6.61 Å². The van der Waals surface area contributed by atoms with Gasteiger partial charge in [0.15, 0.2) is 0 Å². The van der Waals surface area contributed by atoms with Crippen molar-refractivity contribution < 1.29 is 4.74 Å². The van der Waals surface area contributed by atoms with Gasteiger partial charge in [0.2, 0.25) is 0 Å². The molecule has 2 rings (SSSR count). The lowest BCUT2D eigenvalue weighted by Gasteiger charge is -2.15. The van der Waals surface area contributed by atoms with Crippen molar-refractivity contribution in [1.82, 2.24) is 0 Å². The predicted molar refractivity (Wildman–Crippen MR) is 62.5 cm³/mol. The predicted octanol–water partition coefficient (Wildman–Crippen LogP) is 3.48. The van der Waals surface area contributed by atoms with E-state index in [2.05, 4.69) is 37.3 Å². The van der Waals surface area contributed by atoms with E-state index >= 15 is 0 Å². The third-order valence-electron chi connectivity index (χ3n) is 2.55. The molecule has 1 unspecified atom stereocenters. The van der Waals surface area contributed by atoms with Gasteiger partial charge in [-0.05, 0) is 18.9 Å². The molecule has 1 aromatic rings. The first-order valence-corrected chi connectivity index (χ1v) is 5.35. The number of ether oxygens (including phenoxy) is 1. The van der Waals surface area contributed by atoms with Crippen LogP contribution >= 0.6 is 0 Å². The Kier molecular flexibility index (Phi) is 3.36. The molecule has 0 heterocycles. The number of allylic oxidation sites excluding steroid dienone is 2. The Hall–Kier alpha value is -1.34. The SMILES string of the molecule is CC1=CCC(OCc2ccccc2)C=C1. The highest BCUT2D eigenvalue weighted by Crippen LogP contribution is 2.14. The van der Waals surface area contributed by atoms with Crippen LogP contribution in [0.2, 0.25) is 0 Å². The smallest absolute Gasteiger partial charge is 0.0798 e. The van der Waals surface area contributed by atoms with Crippen LogP contribution in [0.1, 0.15) is 18.9 Å². The summed E-state index contributed by atoms with van der Waals surface area (Å²) in [4.78, 5) is 0. The van der Waals surface area contributed by atoms with Gasteiger partial charge in [0, 0.05) is 0 Å². The Labute approximate surface area is 91.1 Å². The van der Waals surface area contributed by atoms with E-state index in [1.54, 1.807) is 0 Å². The average molecular weight is 200 g/mol. The van der Waals surface area contributed by atoms with Crippen molar-refractivity contribution in [3.63, 3.8) is 0 Å². The van der Waals surface area contributed by atoms with Crippen molar-refractivity contribution in [3.05, 3.63) is 59.7 Å². The zero-order valence-electron chi connectivity index (χ0n) is 9.02. The lowest BCUT2D eigenvalue weighted by molar-refractivity contribution is 0.0731. The lowest BCUT2D eigenvalue weighted by atomic mass is 10.1. The minimum absolute atomic E-state index is 0.244. The Morgan fingerprint density at radius 3 is 2.73 bits per heavy atom. The van der Waals surface area contributed by atoms with Crippen LogP contribution < -0.4 is 0 Å². The molecule has 15 heavy (non-hydrogen) atoms. The number of rotatable bonds is 3. The molecular formula is C14H16O. The monoisotopic (exact) mass is 200 g/mol. The molecule has 1 aromatic carbocycles. The summed E-state index contributed by atoms with van der Waals surface area (Å²) >= 11 is 0. The number of hydrogen-bond donors (Lipinski definition) is 0. The van der Waals surface area contributed by atoms with Gasteiger partial charge in [0.1, 0.15) is 0 Å². The van der Waals surface area contributed by atoms with E-state index in [4.69, 9.17) is 4.74 Å². The molecule has 0 N–H and O–H groups in total. The molecule has 0 bridgehead atoms. The average Bonchev–Trinajstić information content (AvgIpc) is 2.30. The van der Waals surface area contributed by atoms with Gasteiger partial charge in [0.25, 0.3) is 0 Å². The molecule has 0 spiro atoms. The van der Waals surface area contributed by atoms with Crippen LogP contribution in [-0.4, -0.2) is 6.10 Å². The summed E-state index contributed by atoms with van der Waals surface area (Å²) in [6.07, 6.45) is 7.72. The van der Waals surface area contributed by atoms with E-state index in [1.165, 1.54) is 11.1 Å². The van der Waals surface area contributed by atoms with E-state index in [0.717, 1.165) is 6.42 Å². The zero-order chi connectivity index (χ0) is 10.5. The van der Waals surface area contributed by atoms with Crippen LogP contribution in [0.5, 0.6) is 0 Å². The van der Waals surface area contributed by atoms with Gasteiger partial charge in [0.05, 0.1) is 12.7 Å². The summed E-state index contributed by atoms with van der Waals surface area (Å²) in [6, 6.07) is 10.3. The fourth-order valence-corrected chi connectivity index (χ4v) is 1.61. The topological polar surface area (TPSA) is 9.23 Å². The Morgan fingerprint density at radius 2 is 2.07 bits per heavy atom. The maximum atomic E-state index is 5.79. The van der Waals surface area contributed by atoms with Gasteiger partial charge in [-0.25, -0.2) is 0 Å². The highest BCUT2D eigenvalue weighted by molar-refractivity contribution is 5.22. The van der Waals surface area contributed by atoms with Crippen molar-refractivity contribution in [2.24, 2.45) is 0 Å². The summed E-state index contributed by atoms with van der Waals surface area (Å²) in [5.41, 5.74) is 2.56. The van der Waals surface area contributed by atoms with Crippen molar-refractivity contribution in [3.8, 4) is 0 Å². The Bertz CT molecular complexity index is 362. The molecule has 0 aliphatic heterocycles. The second-order valence-corrected chi connectivity index (χ2v) is 3.88. The molecule has 0 aromatic heterocycles. The molecule has 0 radical (unpaired) electrons. The second kappa shape index (κ2) is 4.94. The summed E-state index contributed by atoms with van der Waals surface area (Å²) < 4.78 is 5.79. The standard InChI is InChI=1S/C14H16O/c1-12-7-9-14(10-8-12)15-11-13-5-3-2-4-6-13/h2-9,14H,10-11H2,1H3. The molecule has 0 saturated heterocycles. The van der Waals surface area contributed by atoms with Crippen LogP contribution in [0.25, 0.3) is 0 Å². The zero-order valence-corrected chi connectivity index (χ0v) is 9.02. The van der Waals surface area contributed by atoms with Crippen LogP contribution in [-0.2, 0) is 11.3 Å². The first-order valence-electron chi connectivity index (χ1n) is 5.35. The van der Waals surface area contributed by atoms with E-state index in [-0.39, 0.29) is 6.10 Å². The molecule has 1 aliphatic rings. The van der Waals surface area contributed by atoms with Crippen molar-refractivity contribution in [1.29, 1.82) is 0 Å². The van der Waals surface area contributed by atoms with Crippen molar-refractivity contribution in [2.75, 3.05) is 0 Å². The summed E-state index contributed by atoms with van der Waals surface area (Å²) in [5.74, 6) is 0. The highest BCUT2D eigenvalue weighted by Gasteiger charge is 2.06. The quantitative estimate of drug-likeness (QED) is 0.725. The molecule has 1 aliphatic carbocycles. The van der Waals surface area contributed by atoms with E-state index in [1.807, 2.05) is 18.2 Å². The molecule has 1 atom stereocenters. The van der Waals surface area contributed by atoms with Crippen molar-refractivity contribution in [2.45, 2.75) is 26.1 Å². The molecule has 0 amide bonds. The van der Waals surface area contributed by atoms with E-state index < -0.39 is 0 Å². The largest absolute Gasteiger partial charge is 0.369 e. The number of hydrogen-bond acceptors (Lipinski definition) is 1. The van der Waals surface area contributed by atoms with Crippen LogP contribution in [0, 0.1) is 0 Å². The van der Waals surface area contributed by atoms with Gasteiger partial charge in [-0.1, -0.05) is 54.1 Å². The van der Waals surface area contributed by atoms with Gasteiger partial charge < -0.3 is 4.74 Å². The van der Waals surface area contributed by atoms with Gasteiger partial charge >= 0.3 is 0 Å². The Morgan fingerprint density at radius 1 is 1.27 bits per heavy atom. The van der Waals surface area contributed by atoms with Crippen molar-refractivity contribution >= 4 is 0 Å². The third-order valence-corrected chi connectivity index (χ3v) is 2.55. The second-order valence-electron chi connectivity index (χ2n) is 3.88. The molecule has 0 fully saturated rings. The normalized spacial score (nSPS) is 20.1. The maximum absolute atomic E-state index is 5.79. The summed E-state index contributed by atoms with van der Waals surface area (Å²) in [6.45, 7) is 2.81. The molecular weight excluding hydrogens is 184 g/mol. The highest BCUT2D eigenvalue weighted by atomic mass is 16.5. The summed E-state index contributed by atoms with van der Waals surface area (Å²) in [7, 11) is 0. The minimum atomic E-state index is 0.244.